The van der Waals surface area contributed by atoms with Gasteiger partial charge in [-0.1, -0.05) is 74.0 Å². The van der Waals surface area contributed by atoms with Crippen molar-refractivity contribution in [2.24, 2.45) is 5.92 Å². The maximum absolute atomic E-state index is 13.0. The molecule has 5 nitrogen and oxygen atoms in total. The summed E-state index contributed by atoms with van der Waals surface area (Å²) in [5.74, 6) is -1.80. The summed E-state index contributed by atoms with van der Waals surface area (Å²) in [7, 11) is 0. The number of anilines is 1. The van der Waals surface area contributed by atoms with Gasteiger partial charge in [-0.3, -0.25) is 14.4 Å². The number of carboxylic acids is 1. The lowest BCUT2D eigenvalue weighted by Crippen LogP contribution is -2.19. The first-order chi connectivity index (χ1) is 16.9. The van der Waals surface area contributed by atoms with Gasteiger partial charge >= 0.3 is 5.97 Å². The van der Waals surface area contributed by atoms with E-state index in [1.165, 1.54) is 0 Å². The topological polar surface area (TPSA) is 83.5 Å². The van der Waals surface area contributed by atoms with Gasteiger partial charge in [0.05, 0.1) is 5.92 Å². The Hall–Kier alpha value is -3.73. The Balaban J connectivity index is 1.64. The summed E-state index contributed by atoms with van der Waals surface area (Å²) < 4.78 is 0. The van der Waals surface area contributed by atoms with Crippen molar-refractivity contribution >= 4 is 23.3 Å². The molecule has 3 aromatic rings. The highest BCUT2D eigenvalue weighted by Gasteiger charge is 2.23. The van der Waals surface area contributed by atoms with Gasteiger partial charge in [-0.15, -0.1) is 0 Å². The lowest BCUT2D eigenvalue weighted by atomic mass is 9.90. The second-order valence-electron chi connectivity index (χ2n) is 8.95. The zero-order chi connectivity index (χ0) is 25.2. The smallest absolute Gasteiger partial charge is 0.306 e. The Labute approximate surface area is 207 Å². The van der Waals surface area contributed by atoms with Crippen molar-refractivity contribution in [2.75, 3.05) is 5.32 Å². The van der Waals surface area contributed by atoms with Crippen molar-refractivity contribution in [2.45, 2.75) is 52.4 Å². The van der Waals surface area contributed by atoms with Crippen LogP contribution >= 0.6 is 0 Å². The molecular formula is C30H33NO4. The number of aryl methyl sites for hydroxylation is 2. The van der Waals surface area contributed by atoms with Crippen LogP contribution in [0.5, 0.6) is 0 Å². The van der Waals surface area contributed by atoms with Crippen LogP contribution in [-0.4, -0.2) is 22.8 Å². The molecule has 0 aliphatic heterocycles. The summed E-state index contributed by atoms with van der Waals surface area (Å²) in [4.78, 5) is 36.7. The molecule has 0 aliphatic rings. The highest BCUT2D eigenvalue weighted by atomic mass is 16.4. The summed E-state index contributed by atoms with van der Waals surface area (Å²) >= 11 is 0. The molecule has 3 rings (SSSR count). The second kappa shape index (κ2) is 12.7. The van der Waals surface area contributed by atoms with Crippen LogP contribution in [0.1, 0.15) is 60.5 Å². The maximum Gasteiger partial charge on any atom is 0.306 e. The lowest BCUT2D eigenvalue weighted by Gasteiger charge is -2.14. The molecule has 0 fully saturated rings. The van der Waals surface area contributed by atoms with Crippen molar-refractivity contribution < 1.29 is 19.5 Å². The van der Waals surface area contributed by atoms with E-state index in [2.05, 4.69) is 12.2 Å². The standard InChI is InChI=1S/C30H33NO4/c1-3-4-10-29(33)31-26-16-13-23(14-17-26)24-15-18-27(21(2)19-24)28(32)20-25(30(34)35)12-11-22-8-6-5-7-9-22/h5-9,13-19,25H,3-4,10-12,20H2,1-2H3,(H,31,33)(H,34,35). The monoisotopic (exact) mass is 471 g/mol. The second-order valence-corrected chi connectivity index (χ2v) is 8.95. The number of Topliss-reactive ketones (excluding diaryl/α,β-unsaturated/α-hetero) is 1. The van der Waals surface area contributed by atoms with Gasteiger partial charge in [0.2, 0.25) is 5.91 Å². The van der Waals surface area contributed by atoms with Gasteiger partial charge in [0.15, 0.2) is 5.78 Å². The third kappa shape index (κ3) is 7.64. The average molecular weight is 472 g/mol. The molecule has 1 amide bonds. The number of aliphatic carboxylic acids is 1. The molecule has 0 aromatic heterocycles. The van der Waals surface area contributed by atoms with E-state index in [0.29, 0.717) is 24.8 Å². The summed E-state index contributed by atoms with van der Waals surface area (Å²) in [5, 5.41) is 12.6. The van der Waals surface area contributed by atoms with Gasteiger partial charge in [-0.05, 0) is 60.6 Å². The number of nitrogens with one attached hydrogen (secondary N) is 1. The van der Waals surface area contributed by atoms with Gasteiger partial charge in [-0.2, -0.15) is 0 Å². The molecule has 3 aromatic carbocycles. The number of benzene rings is 3. The molecule has 1 unspecified atom stereocenters. The first-order valence-corrected chi connectivity index (χ1v) is 12.2. The van der Waals surface area contributed by atoms with E-state index in [0.717, 1.165) is 40.8 Å². The van der Waals surface area contributed by atoms with E-state index >= 15 is 0 Å². The maximum atomic E-state index is 13.0. The van der Waals surface area contributed by atoms with E-state index < -0.39 is 11.9 Å². The van der Waals surface area contributed by atoms with E-state index in [-0.39, 0.29) is 18.1 Å². The number of unbranched alkanes of at least 4 members (excludes halogenated alkanes) is 1. The molecule has 0 bridgehead atoms. The summed E-state index contributed by atoms with van der Waals surface area (Å²) in [6, 6.07) is 23.0. The summed E-state index contributed by atoms with van der Waals surface area (Å²) in [6.07, 6.45) is 3.39. The third-order valence-electron chi connectivity index (χ3n) is 6.19. The Kier molecular flexibility index (Phi) is 9.36. The van der Waals surface area contributed by atoms with Crippen LogP contribution in [0.2, 0.25) is 0 Å². The summed E-state index contributed by atoms with van der Waals surface area (Å²) in [6.45, 7) is 3.93. The van der Waals surface area contributed by atoms with Crippen LogP contribution in [0.25, 0.3) is 11.1 Å². The van der Waals surface area contributed by atoms with Crippen LogP contribution in [0, 0.1) is 12.8 Å². The molecule has 5 heteroatoms. The number of ketones is 1. The molecule has 0 aliphatic carbocycles. The zero-order valence-electron chi connectivity index (χ0n) is 20.4. The Morgan fingerprint density at radius 1 is 0.914 bits per heavy atom. The fourth-order valence-corrected chi connectivity index (χ4v) is 4.10. The van der Waals surface area contributed by atoms with E-state index in [1.54, 1.807) is 6.07 Å². The normalized spacial score (nSPS) is 11.6. The fourth-order valence-electron chi connectivity index (χ4n) is 4.10. The molecule has 0 radical (unpaired) electrons. The van der Waals surface area contributed by atoms with E-state index in [4.69, 9.17) is 0 Å². The first-order valence-electron chi connectivity index (χ1n) is 12.2. The lowest BCUT2D eigenvalue weighted by molar-refractivity contribution is -0.141. The zero-order valence-corrected chi connectivity index (χ0v) is 20.4. The molecule has 182 valence electrons. The number of hydrogen-bond acceptors (Lipinski definition) is 3. The molecule has 1 atom stereocenters. The minimum absolute atomic E-state index is 0.0155. The van der Waals surface area contributed by atoms with Gasteiger partial charge < -0.3 is 10.4 Å². The Morgan fingerprint density at radius 2 is 1.60 bits per heavy atom. The predicted octanol–water partition coefficient (Wildman–Crippen LogP) is 6.70. The minimum atomic E-state index is -0.939. The minimum Gasteiger partial charge on any atom is -0.481 e. The third-order valence-corrected chi connectivity index (χ3v) is 6.19. The van der Waals surface area contributed by atoms with Crippen molar-refractivity contribution in [3.05, 3.63) is 89.5 Å². The quantitative estimate of drug-likeness (QED) is 0.288. The number of hydrogen-bond donors (Lipinski definition) is 2. The largest absolute Gasteiger partial charge is 0.481 e. The van der Waals surface area contributed by atoms with Crippen LogP contribution < -0.4 is 5.32 Å². The summed E-state index contributed by atoms with van der Waals surface area (Å²) in [5.41, 5.74) is 5.13. The van der Waals surface area contributed by atoms with Crippen molar-refractivity contribution in [3.8, 4) is 11.1 Å². The SMILES string of the molecule is CCCCC(=O)Nc1ccc(-c2ccc(C(=O)CC(CCc3ccccc3)C(=O)O)c(C)c2)cc1. The molecule has 35 heavy (non-hydrogen) atoms. The van der Waals surface area contributed by atoms with Crippen molar-refractivity contribution in [3.63, 3.8) is 0 Å². The Bertz CT molecular complexity index is 1150. The number of rotatable bonds is 12. The van der Waals surface area contributed by atoms with Crippen molar-refractivity contribution in [1.82, 2.24) is 0 Å². The number of carbonyl (C=O) groups is 3. The van der Waals surface area contributed by atoms with Gasteiger partial charge in [0, 0.05) is 24.1 Å². The van der Waals surface area contributed by atoms with Crippen LogP contribution in [-0.2, 0) is 16.0 Å². The van der Waals surface area contributed by atoms with E-state index in [9.17, 15) is 19.5 Å². The van der Waals surface area contributed by atoms with E-state index in [1.807, 2.05) is 73.7 Å². The van der Waals surface area contributed by atoms with Crippen LogP contribution in [0.3, 0.4) is 0 Å². The Morgan fingerprint density at radius 3 is 2.23 bits per heavy atom. The number of carboxylic acid groups (broad SMARTS) is 1. The predicted molar refractivity (Wildman–Crippen MR) is 140 cm³/mol. The molecule has 0 saturated heterocycles. The molecule has 2 N–H and O–H groups in total. The molecule has 0 heterocycles. The first kappa shape index (κ1) is 25.9. The average Bonchev–Trinajstić information content (AvgIpc) is 2.86. The van der Waals surface area contributed by atoms with Crippen LogP contribution in [0.15, 0.2) is 72.8 Å². The highest BCUT2D eigenvalue weighted by Crippen LogP contribution is 2.26. The highest BCUT2D eigenvalue weighted by molar-refractivity contribution is 5.99. The van der Waals surface area contributed by atoms with Gasteiger partial charge in [0.25, 0.3) is 0 Å². The number of carbonyl (C=O) groups excluding carboxylic acids is 2. The van der Waals surface area contributed by atoms with Gasteiger partial charge in [-0.25, -0.2) is 0 Å². The fraction of sp³-hybridized carbons (Fsp3) is 0.300. The van der Waals surface area contributed by atoms with Gasteiger partial charge in [0.1, 0.15) is 0 Å². The van der Waals surface area contributed by atoms with Crippen LogP contribution in [0.4, 0.5) is 5.69 Å². The van der Waals surface area contributed by atoms with Crippen molar-refractivity contribution in [1.29, 1.82) is 0 Å². The molecular weight excluding hydrogens is 438 g/mol. The number of amides is 1. The molecule has 0 saturated carbocycles. The molecule has 0 spiro atoms.